The number of ether oxygens (including phenoxy) is 1. The minimum atomic E-state index is -5.00. The molecule has 1 aromatic heterocycles. The van der Waals surface area contributed by atoms with E-state index < -0.39 is 69.7 Å². The highest BCUT2D eigenvalue weighted by atomic mass is 32.1. The van der Waals surface area contributed by atoms with Crippen LogP contribution in [0.5, 0.6) is 0 Å². The van der Waals surface area contributed by atoms with Gasteiger partial charge in [0.2, 0.25) is 6.23 Å². The predicted octanol–water partition coefficient (Wildman–Crippen LogP) is 5.74. The van der Waals surface area contributed by atoms with Crippen LogP contribution in [0.2, 0.25) is 0 Å². The molecule has 3 aromatic rings. The van der Waals surface area contributed by atoms with Gasteiger partial charge in [0.15, 0.2) is 10.8 Å². The van der Waals surface area contributed by atoms with Crippen LogP contribution in [0.1, 0.15) is 38.3 Å². The van der Waals surface area contributed by atoms with Crippen molar-refractivity contribution in [1.29, 1.82) is 0 Å². The standard InChI is InChI=1S/C22H13F8N5O3S/c1-31-19-32-15(22(28,29)30)14(39-19)17-34-35(18(38-17)9-5-7-10(8-6-9)21(25,26)27)20(37)33-16(36)13-11(23)3-2-4-12(13)24/h2-8,18H,1H3,(H,31,32)(H,33,36,37). The average Bonchev–Trinajstić information content (AvgIpc) is 3.48. The van der Waals surface area contributed by atoms with Crippen molar-refractivity contribution in [3.8, 4) is 0 Å². The molecule has 17 heteroatoms. The number of nitrogens with zero attached hydrogens (tertiary/aromatic N) is 3. The molecule has 0 bridgehead atoms. The highest BCUT2D eigenvalue weighted by Gasteiger charge is 2.44. The van der Waals surface area contributed by atoms with E-state index in [1.165, 1.54) is 7.05 Å². The molecule has 3 amide bonds. The van der Waals surface area contributed by atoms with E-state index in [0.717, 1.165) is 30.3 Å². The Kier molecular flexibility index (Phi) is 7.20. The van der Waals surface area contributed by atoms with Crippen LogP contribution in [0.15, 0.2) is 47.6 Å². The number of thiazole rings is 1. The summed E-state index contributed by atoms with van der Waals surface area (Å²) < 4.78 is 113. The van der Waals surface area contributed by atoms with Crippen molar-refractivity contribution in [1.82, 2.24) is 15.3 Å². The number of hydrogen-bond donors (Lipinski definition) is 2. The number of benzene rings is 2. The zero-order valence-corrected chi connectivity index (χ0v) is 19.9. The molecule has 4 rings (SSSR count). The Morgan fingerprint density at radius 2 is 1.59 bits per heavy atom. The fourth-order valence-corrected chi connectivity index (χ4v) is 4.19. The molecule has 1 aliphatic heterocycles. The zero-order valence-electron chi connectivity index (χ0n) is 19.1. The zero-order chi connectivity index (χ0) is 28.7. The second-order valence-electron chi connectivity index (χ2n) is 7.64. The third-order valence-corrected chi connectivity index (χ3v) is 6.15. The van der Waals surface area contributed by atoms with Gasteiger partial charge < -0.3 is 10.1 Å². The fraction of sp³-hybridized carbons (Fsp3) is 0.182. The third-order valence-electron chi connectivity index (χ3n) is 5.09. The van der Waals surface area contributed by atoms with Gasteiger partial charge in [-0.25, -0.2) is 18.6 Å². The van der Waals surface area contributed by atoms with E-state index in [1.807, 2.05) is 0 Å². The highest BCUT2D eigenvalue weighted by Crippen LogP contribution is 2.40. The van der Waals surface area contributed by atoms with Crippen LogP contribution in [0.25, 0.3) is 0 Å². The molecule has 2 aromatic carbocycles. The summed E-state index contributed by atoms with van der Waals surface area (Å²) in [7, 11) is 1.29. The van der Waals surface area contributed by atoms with E-state index in [2.05, 4.69) is 15.4 Å². The average molecular weight is 579 g/mol. The van der Waals surface area contributed by atoms with Crippen LogP contribution >= 0.6 is 11.3 Å². The molecule has 206 valence electrons. The number of nitrogens with one attached hydrogen (secondary N) is 2. The second-order valence-corrected chi connectivity index (χ2v) is 8.64. The predicted molar refractivity (Wildman–Crippen MR) is 120 cm³/mol. The van der Waals surface area contributed by atoms with Crippen LogP contribution < -0.4 is 10.6 Å². The Balaban J connectivity index is 1.73. The monoisotopic (exact) mass is 579 g/mol. The molecule has 0 aliphatic carbocycles. The van der Waals surface area contributed by atoms with E-state index in [9.17, 15) is 44.7 Å². The number of hydrogen-bond acceptors (Lipinski definition) is 7. The SMILES string of the molecule is CNc1nc(C(F)(F)F)c(C2=NN(C(=O)NC(=O)c3c(F)cccc3F)C(c3ccc(C(F)(F)F)cc3)O2)s1. The number of carbonyl (C=O) groups is 2. The molecule has 1 aliphatic rings. The van der Waals surface area contributed by atoms with Gasteiger partial charge in [-0.15, -0.1) is 5.10 Å². The van der Waals surface area contributed by atoms with Crippen LogP contribution in [0, 0.1) is 11.6 Å². The van der Waals surface area contributed by atoms with Gasteiger partial charge in [-0.3, -0.25) is 10.1 Å². The Hall–Kier alpha value is -4.28. The first-order valence-electron chi connectivity index (χ1n) is 10.5. The summed E-state index contributed by atoms with van der Waals surface area (Å²) in [5, 5.41) is 7.86. The van der Waals surface area contributed by atoms with Gasteiger partial charge >= 0.3 is 18.4 Å². The van der Waals surface area contributed by atoms with E-state index in [-0.39, 0.29) is 10.7 Å². The number of rotatable bonds is 4. The second kappa shape index (κ2) is 10.1. The molecule has 2 N–H and O–H groups in total. The van der Waals surface area contributed by atoms with Crippen LogP contribution in [0.3, 0.4) is 0 Å². The number of anilines is 1. The summed E-state index contributed by atoms with van der Waals surface area (Å²) in [6, 6.07) is 3.94. The summed E-state index contributed by atoms with van der Waals surface area (Å²) in [5.41, 5.74) is -3.84. The molecule has 0 spiro atoms. The molecule has 2 heterocycles. The van der Waals surface area contributed by atoms with Gasteiger partial charge in [-0.1, -0.05) is 29.5 Å². The number of carbonyl (C=O) groups excluding carboxylic acids is 2. The molecular weight excluding hydrogens is 566 g/mol. The highest BCUT2D eigenvalue weighted by molar-refractivity contribution is 7.17. The van der Waals surface area contributed by atoms with Crippen molar-refractivity contribution in [3.63, 3.8) is 0 Å². The molecule has 1 atom stereocenters. The Morgan fingerprint density at radius 1 is 0.974 bits per heavy atom. The van der Waals surface area contributed by atoms with Gasteiger partial charge in [-0.05, 0) is 24.3 Å². The number of imide groups is 1. The summed E-state index contributed by atoms with van der Waals surface area (Å²) in [6.45, 7) is 0. The maximum Gasteiger partial charge on any atom is 0.435 e. The lowest BCUT2D eigenvalue weighted by atomic mass is 10.1. The van der Waals surface area contributed by atoms with Gasteiger partial charge in [0.1, 0.15) is 22.1 Å². The van der Waals surface area contributed by atoms with E-state index in [4.69, 9.17) is 4.74 Å². The van der Waals surface area contributed by atoms with Gasteiger partial charge in [0.25, 0.3) is 11.8 Å². The largest absolute Gasteiger partial charge is 0.445 e. The first-order valence-corrected chi connectivity index (χ1v) is 11.3. The van der Waals surface area contributed by atoms with Crippen LogP contribution in [0.4, 0.5) is 45.0 Å². The number of amides is 3. The van der Waals surface area contributed by atoms with Crippen LogP contribution in [-0.4, -0.2) is 34.9 Å². The lowest BCUT2D eigenvalue weighted by molar-refractivity contribution is -0.141. The lowest BCUT2D eigenvalue weighted by Crippen LogP contribution is -2.41. The van der Waals surface area contributed by atoms with Gasteiger partial charge in [-0.2, -0.15) is 31.4 Å². The van der Waals surface area contributed by atoms with E-state index in [1.54, 1.807) is 5.32 Å². The maximum atomic E-state index is 14.0. The Bertz CT molecular complexity index is 1430. The maximum absolute atomic E-state index is 14.0. The lowest BCUT2D eigenvalue weighted by Gasteiger charge is -2.21. The number of alkyl halides is 6. The summed E-state index contributed by atoms with van der Waals surface area (Å²) in [4.78, 5) is 28.0. The quantitative estimate of drug-likeness (QED) is 0.385. The van der Waals surface area contributed by atoms with Crippen molar-refractivity contribution in [3.05, 3.63) is 81.4 Å². The Morgan fingerprint density at radius 3 is 2.13 bits per heavy atom. The number of hydrazone groups is 1. The molecular formula is C22H13F8N5O3S. The third kappa shape index (κ3) is 5.62. The van der Waals surface area contributed by atoms with Gasteiger partial charge in [0.05, 0.1) is 5.56 Å². The van der Waals surface area contributed by atoms with Crippen LogP contribution in [-0.2, 0) is 17.1 Å². The normalized spacial score (nSPS) is 15.6. The minimum Gasteiger partial charge on any atom is -0.445 e. The minimum absolute atomic E-state index is 0.187. The number of aromatic nitrogens is 1. The first-order chi connectivity index (χ1) is 18.2. The molecule has 0 fully saturated rings. The van der Waals surface area contributed by atoms with E-state index >= 15 is 0 Å². The molecule has 1 unspecified atom stereocenters. The molecule has 0 saturated carbocycles. The van der Waals surface area contributed by atoms with Crippen molar-refractivity contribution in [2.45, 2.75) is 18.6 Å². The molecule has 0 radical (unpaired) electrons. The summed E-state index contributed by atoms with van der Waals surface area (Å²) in [5.74, 6) is -5.00. The van der Waals surface area contributed by atoms with Crippen molar-refractivity contribution in [2.24, 2.45) is 5.10 Å². The molecule has 39 heavy (non-hydrogen) atoms. The summed E-state index contributed by atoms with van der Waals surface area (Å²) in [6.07, 6.45) is -11.5. The molecule has 8 nitrogen and oxygen atoms in total. The topological polar surface area (TPSA) is 95.9 Å². The van der Waals surface area contributed by atoms with Crippen molar-refractivity contribution < 1.29 is 49.4 Å². The molecule has 0 saturated heterocycles. The fourth-order valence-electron chi connectivity index (χ4n) is 3.32. The number of urea groups is 1. The summed E-state index contributed by atoms with van der Waals surface area (Å²) >= 11 is 0.444. The number of halogens is 8. The van der Waals surface area contributed by atoms with Crippen molar-refractivity contribution in [2.75, 3.05) is 12.4 Å². The van der Waals surface area contributed by atoms with E-state index in [0.29, 0.717) is 28.5 Å². The smallest absolute Gasteiger partial charge is 0.435 e. The van der Waals surface area contributed by atoms with Crippen molar-refractivity contribution >= 4 is 34.3 Å². The van der Waals surface area contributed by atoms with Gasteiger partial charge in [0, 0.05) is 12.6 Å². The first kappa shape index (κ1) is 27.7. The Labute approximate surface area is 216 Å².